The molecular weight excluding hydrogens is 300 g/mol. The summed E-state index contributed by atoms with van der Waals surface area (Å²) in [6, 6.07) is 3.77. The van der Waals surface area contributed by atoms with Crippen molar-refractivity contribution >= 4 is 23.2 Å². The Bertz CT molecular complexity index is 627. The number of thiazole rings is 1. The Kier molecular flexibility index (Phi) is 6.02. The van der Waals surface area contributed by atoms with Crippen LogP contribution in [0.5, 0.6) is 0 Å². The predicted molar refractivity (Wildman–Crippen MR) is 85.4 cm³/mol. The van der Waals surface area contributed by atoms with Crippen LogP contribution >= 0.6 is 11.3 Å². The van der Waals surface area contributed by atoms with E-state index in [9.17, 15) is 9.59 Å². The molecule has 2 aromatic rings. The summed E-state index contributed by atoms with van der Waals surface area (Å²) in [5.41, 5.74) is 1.62. The van der Waals surface area contributed by atoms with Gasteiger partial charge in [-0.05, 0) is 18.6 Å². The molecular formula is C15H18N4O2S. The van der Waals surface area contributed by atoms with E-state index in [0.29, 0.717) is 12.2 Å². The minimum Gasteiger partial charge on any atom is -0.355 e. The summed E-state index contributed by atoms with van der Waals surface area (Å²) in [5, 5.41) is 7.97. The molecule has 0 fully saturated rings. The van der Waals surface area contributed by atoms with Crippen LogP contribution in [0.25, 0.3) is 10.6 Å². The van der Waals surface area contributed by atoms with Crippen LogP contribution in [-0.4, -0.2) is 34.9 Å². The standard InChI is InChI=1S/C15H18N4O2S/c1-2-5-17-14(21)9-18-13(20)7-12-10-22-15(19-12)11-4-3-6-16-8-11/h3-4,6,8,10H,2,5,7,9H2,1H3,(H,17,21)(H,18,20). The van der Waals surface area contributed by atoms with Crippen LogP contribution < -0.4 is 10.6 Å². The highest BCUT2D eigenvalue weighted by Gasteiger charge is 2.10. The van der Waals surface area contributed by atoms with E-state index in [-0.39, 0.29) is 24.8 Å². The van der Waals surface area contributed by atoms with Crippen LogP contribution in [0.3, 0.4) is 0 Å². The molecule has 7 heteroatoms. The van der Waals surface area contributed by atoms with Crippen molar-refractivity contribution in [1.29, 1.82) is 0 Å². The third kappa shape index (κ3) is 4.92. The zero-order chi connectivity index (χ0) is 15.8. The van der Waals surface area contributed by atoms with Gasteiger partial charge in [0, 0.05) is 29.9 Å². The van der Waals surface area contributed by atoms with Crippen molar-refractivity contribution in [3.63, 3.8) is 0 Å². The van der Waals surface area contributed by atoms with Crippen LogP contribution in [0.2, 0.25) is 0 Å². The molecule has 2 N–H and O–H groups in total. The number of nitrogens with zero attached hydrogens (tertiary/aromatic N) is 2. The molecule has 2 heterocycles. The second-order valence-corrected chi connectivity index (χ2v) is 5.55. The second-order valence-electron chi connectivity index (χ2n) is 4.69. The molecule has 0 radical (unpaired) electrons. The summed E-state index contributed by atoms with van der Waals surface area (Å²) >= 11 is 1.47. The SMILES string of the molecule is CCCNC(=O)CNC(=O)Cc1csc(-c2cccnc2)n1. The van der Waals surface area contributed by atoms with E-state index < -0.39 is 0 Å². The van der Waals surface area contributed by atoms with Gasteiger partial charge in [-0.3, -0.25) is 14.6 Å². The van der Waals surface area contributed by atoms with E-state index in [0.717, 1.165) is 17.0 Å². The number of nitrogens with one attached hydrogen (secondary N) is 2. The van der Waals surface area contributed by atoms with Crippen molar-refractivity contribution in [3.8, 4) is 10.6 Å². The average molecular weight is 318 g/mol. The third-order valence-electron chi connectivity index (χ3n) is 2.82. The van der Waals surface area contributed by atoms with Crippen molar-refractivity contribution in [2.45, 2.75) is 19.8 Å². The lowest BCUT2D eigenvalue weighted by atomic mass is 10.3. The summed E-state index contributed by atoms with van der Waals surface area (Å²) in [6.07, 6.45) is 4.48. The fraction of sp³-hybridized carbons (Fsp3) is 0.333. The Morgan fingerprint density at radius 1 is 1.27 bits per heavy atom. The first-order chi connectivity index (χ1) is 10.7. The summed E-state index contributed by atoms with van der Waals surface area (Å²) in [6.45, 7) is 2.59. The first kappa shape index (κ1) is 16.1. The van der Waals surface area contributed by atoms with Crippen molar-refractivity contribution in [1.82, 2.24) is 20.6 Å². The predicted octanol–water partition coefficient (Wildman–Crippen LogP) is 1.39. The number of amides is 2. The second kappa shape index (κ2) is 8.23. The van der Waals surface area contributed by atoms with Gasteiger partial charge in [-0.1, -0.05) is 6.92 Å². The first-order valence-corrected chi connectivity index (χ1v) is 7.95. The number of carbonyl (C=O) groups excluding carboxylic acids is 2. The number of pyridine rings is 1. The lowest BCUT2D eigenvalue weighted by Crippen LogP contribution is -2.37. The van der Waals surface area contributed by atoms with E-state index in [1.165, 1.54) is 11.3 Å². The molecule has 2 rings (SSSR count). The summed E-state index contributed by atoms with van der Waals surface area (Å²) in [4.78, 5) is 31.7. The molecule has 0 bridgehead atoms. The van der Waals surface area contributed by atoms with Crippen molar-refractivity contribution in [3.05, 3.63) is 35.6 Å². The zero-order valence-corrected chi connectivity index (χ0v) is 13.2. The van der Waals surface area contributed by atoms with Crippen LogP contribution in [0.1, 0.15) is 19.0 Å². The molecule has 0 atom stereocenters. The highest BCUT2D eigenvalue weighted by Crippen LogP contribution is 2.22. The monoisotopic (exact) mass is 318 g/mol. The minimum atomic E-state index is -0.213. The Morgan fingerprint density at radius 2 is 2.14 bits per heavy atom. The Morgan fingerprint density at radius 3 is 2.86 bits per heavy atom. The van der Waals surface area contributed by atoms with E-state index in [1.807, 2.05) is 24.4 Å². The molecule has 0 spiro atoms. The zero-order valence-electron chi connectivity index (χ0n) is 12.3. The third-order valence-corrected chi connectivity index (χ3v) is 3.76. The molecule has 0 aliphatic heterocycles. The highest BCUT2D eigenvalue weighted by atomic mass is 32.1. The molecule has 0 unspecified atom stereocenters. The topological polar surface area (TPSA) is 84.0 Å². The Balaban J connectivity index is 1.83. The van der Waals surface area contributed by atoms with E-state index in [4.69, 9.17) is 0 Å². The fourth-order valence-corrected chi connectivity index (χ4v) is 2.55. The number of carbonyl (C=O) groups is 2. The summed E-state index contributed by atoms with van der Waals surface area (Å²) in [5.74, 6) is -0.390. The van der Waals surface area contributed by atoms with Gasteiger partial charge in [-0.25, -0.2) is 4.98 Å². The van der Waals surface area contributed by atoms with Gasteiger partial charge >= 0.3 is 0 Å². The number of hydrogen-bond acceptors (Lipinski definition) is 5. The Hall–Kier alpha value is -2.28. The molecule has 0 aromatic carbocycles. The normalized spacial score (nSPS) is 10.2. The smallest absolute Gasteiger partial charge is 0.239 e. The van der Waals surface area contributed by atoms with E-state index in [2.05, 4.69) is 20.6 Å². The fourth-order valence-electron chi connectivity index (χ4n) is 1.74. The van der Waals surface area contributed by atoms with Gasteiger partial charge in [0.15, 0.2) is 0 Å². The van der Waals surface area contributed by atoms with Gasteiger partial charge in [-0.15, -0.1) is 11.3 Å². The molecule has 0 saturated carbocycles. The van der Waals surface area contributed by atoms with Gasteiger partial charge in [0.1, 0.15) is 5.01 Å². The molecule has 116 valence electrons. The maximum absolute atomic E-state index is 11.8. The van der Waals surface area contributed by atoms with Crippen LogP contribution in [0, 0.1) is 0 Å². The highest BCUT2D eigenvalue weighted by molar-refractivity contribution is 7.13. The number of rotatable bonds is 7. The average Bonchev–Trinajstić information content (AvgIpc) is 3.00. The van der Waals surface area contributed by atoms with Crippen LogP contribution in [-0.2, 0) is 16.0 Å². The number of hydrogen-bond donors (Lipinski definition) is 2. The quantitative estimate of drug-likeness (QED) is 0.808. The minimum absolute atomic E-state index is 0.00155. The summed E-state index contributed by atoms with van der Waals surface area (Å²) in [7, 11) is 0. The van der Waals surface area contributed by atoms with Gasteiger partial charge in [0.25, 0.3) is 0 Å². The first-order valence-electron chi connectivity index (χ1n) is 7.07. The molecule has 2 amide bonds. The largest absolute Gasteiger partial charge is 0.355 e. The molecule has 0 aliphatic rings. The van der Waals surface area contributed by atoms with Crippen molar-refractivity contribution < 1.29 is 9.59 Å². The lowest BCUT2D eigenvalue weighted by Gasteiger charge is -2.05. The number of aromatic nitrogens is 2. The molecule has 0 aliphatic carbocycles. The molecule has 0 saturated heterocycles. The van der Waals surface area contributed by atoms with Crippen molar-refractivity contribution in [2.24, 2.45) is 0 Å². The van der Waals surface area contributed by atoms with Crippen LogP contribution in [0.15, 0.2) is 29.9 Å². The van der Waals surface area contributed by atoms with Gasteiger partial charge < -0.3 is 10.6 Å². The van der Waals surface area contributed by atoms with Gasteiger partial charge in [0.2, 0.25) is 11.8 Å². The maximum Gasteiger partial charge on any atom is 0.239 e. The van der Waals surface area contributed by atoms with Crippen LogP contribution in [0.4, 0.5) is 0 Å². The maximum atomic E-state index is 11.8. The van der Waals surface area contributed by atoms with Gasteiger partial charge in [-0.2, -0.15) is 0 Å². The molecule has 6 nitrogen and oxygen atoms in total. The summed E-state index contributed by atoms with van der Waals surface area (Å²) < 4.78 is 0. The molecule has 22 heavy (non-hydrogen) atoms. The van der Waals surface area contributed by atoms with E-state index >= 15 is 0 Å². The lowest BCUT2D eigenvalue weighted by molar-refractivity contribution is -0.125. The molecule has 2 aromatic heterocycles. The van der Waals surface area contributed by atoms with Gasteiger partial charge in [0.05, 0.1) is 18.7 Å². The van der Waals surface area contributed by atoms with E-state index in [1.54, 1.807) is 12.4 Å². The van der Waals surface area contributed by atoms with Crippen molar-refractivity contribution in [2.75, 3.05) is 13.1 Å². The Labute approximate surface area is 133 Å².